The molecule has 1 aromatic rings. The molecule has 1 saturated heterocycles. The van der Waals surface area contributed by atoms with E-state index in [4.69, 9.17) is 4.74 Å². The second-order valence-corrected chi connectivity index (χ2v) is 5.23. The van der Waals surface area contributed by atoms with Crippen LogP contribution >= 0.6 is 0 Å². The van der Waals surface area contributed by atoms with E-state index in [0.717, 1.165) is 25.3 Å². The number of nitrogens with zero attached hydrogens (tertiary/aromatic N) is 2. The summed E-state index contributed by atoms with van der Waals surface area (Å²) in [7, 11) is 1.65. The number of hydrogen-bond acceptors (Lipinski definition) is 4. The Kier molecular flexibility index (Phi) is 3.22. The summed E-state index contributed by atoms with van der Waals surface area (Å²) in [6.07, 6.45) is 1.00. The lowest BCUT2D eigenvalue weighted by molar-refractivity contribution is -0.114. The van der Waals surface area contributed by atoms with E-state index < -0.39 is 11.7 Å². The number of amides is 1. The molecule has 2 heterocycles. The number of ketones is 1. The van der Waals surface area contributed by atoms with Crippen molar-refractivity contribution in [1.82, 2.24) is 0 Å². The van der Waals surface area contributed by atoms with Crippen LogP contribution in [0, 0.1) is 0 Å². The van der Waals surface area contributed by atoms with E-state index in [0.29, 0.717) is 23.9 Å². The number of anilines is 2. The van der Waals surface area contributed by atoms with Gasteiger partial charge in [0.2, 0.25) is 0 Å². The van der Waals surface area contributed by atoms with E-state index in [1.165, 1.54) is 4.90 Å². The van der Waals surface area contributed by atoms with Crippen LogP contribution in [0.2, 0.25) is 0 Å². The van der Waals surface area contributed by atoms with E-state index in [1.54, 1.807) is 13.1 Å². The summed E-state index contributed by atoms with van der Waals surface area (Å²) in [5.41, 5.74) is 2.26. The molecular weight excluding hydrogens is 256 g/mol. The quantitative estimate of drug-likeness (QED) is 0.766. The van der Waals surface area contributed by atoms with Gasteiger partial charge in [0.1, 0.15) is 0 Å². The first-order chi connectivity index (χ1) is 9.63. The maximum Gasteiger partial charge on any atom is 0.299 e. The summed E-state index contributed by atoms with van der Waals surface area (Å²) >= 11 is 0. The second kappa shape index (κ2) is 4.90. The summed E-state index contributed by atoms with van der Waals surface area (Å²) < 4.78 is 5.51. The fraction of sp³-hybridized carbons (Fsp3) is 0.467. The Morgan fingerprint density at radius 1 is 1.35 bits per heavy atom. The highest BCUT2D eigenvalue weighted by atomic mass is 16.5. The number of hydrogen-bond donors (Lipinski definition) is 0. The van der Waals surface area contributed by atoms with Crippen LogP contribution in [0.1, 0.15) is 23.7 Å². The third-order valence-corrected chi connectivity index (χ3v) is 4.12. The predicted octanol–water partition coefficient (Wildman–Crippen LogP) is 1.46. The predicted molar refractivity (Wildman–Crippen MR) is 76.4 cm³/mol. The molecule has 0 spiro atoms. The first-order valence-corrected chi connectivity index (χ1v) is 6.94. The highest BCUT2D eigenvalue weighted by Gasteiger charge is 2.34. The van der Waals surface area contributed by atoms with Gasteiger partial charge in [-0.2, -0.15) is 0 Å². The molecule has 0 saturated carbocycles. The third kappa shape index (κ3) is 1.89. The van der Waals surface area contributed by atoms with E-state index in [1.807, 2.05) is 12.1 Å². The zero-order chi connectivity index (χ0) is 14.3. The smallest absolute Gasteiger partial charge is 0.299 e. The number of carbonyl (C=O) groups is 2. The number of fused-ring (bicyclic) bond motifs is 1. The van der Waals surface area contributed by atoms with E-state index in [9.17, 15) is 9.59 Å². The van der Waals surface area contributed by atoms with Gasteiger partial charge >= 0.3 is 0 Å². The van der Waals surface area contributed by atoms with Crippen molar-refractivity contribution in [2.75, 3.05) is 36.6 Å². The topological polar surface area (TPSA) is 49.9 Å². The molecule has 5 heteroatoms. The molecule has 5 nitrogen and oxygen atoms in total. The molecule has 0 N–H and O–H groups in total. The minimum atomic E-state index is -0.453. The molecule has 0 radical (unpaired) electrons. The Labute approximate surface area is 118 Å². The van der Waals surface area contributed by atoms with Gasteiger partial charge in [0.05, 0.1) is 30.5 Å². The van der Waals surface area contributed by atoms with Crippen molar-refractivity contribution < 1.29 is 14.3 Å². The molecule has 3 rings (SSSR count). The van der Waals surface area contributed by atoms with Gasteiger partial charge in [-0.15, -0.1) is 0 Å². The number of rotatable bonds is 2. The van der Waals surface area contributed by atoms with Crippen molar-refractivity contribution in [3.8, 4) is 0 Å². The Hall–Kier alpha value is -1.88. The molecule has 0 aliphatic carbocycles. The van der Waals surface area contributed by atoms with Gasteiger partial charge in [0.15, 0.2) is 0 Å². The number of benzene rings is 1. The summed E-state index contributed by atoms with van der Waals surface area (Å²) in [6, 6.07) is 5.97. The van der Waals surface area contributed by atoms with Crippen LogP contribution in [0.4, 0.5) is 11.4 Å². The van der Waals surface area contributed by atoms with Crippen LogP contribution in [0.5, 0.6) is 0 Å². The number of likely N-dealkylation sites (N-methyl/N-ethyl adjacent to an activating group) is 1. The minimum absolute atomic E-state index is 0.347. The van der Waals surface area contributed by atoms with Crippen molar-refractivity contribution in [2.24, 2.45) is 0 Å². The summed E-state index contributed by atoms with van der Waals surface area (Å²) in [5.74, 6) is -0.866. The maximum atomic E-state index is 11.8. The largest absolute Gasteiger partial charge is 0.377 e. The Bertz CT molecular complexity index is 570. The zero-order valence-electron chi connectivity index (χ0n) is 11.8. The van der Waals surface area contributed by atoms with Gasteiger partial charge in [-0.1, -0.05) is 6.92 Å². The van der Waals surface area contributed by atoms with Crippen LogP contribution in [0.25, 0.3) is 0 Å². The van der Waals surface area contributed by atoms with Crippen molar-refractivity contribution in [3.05, 3.63) is 23.8 Å². The van der Waals surface area contributed by atoms with E-state index in [2.05, 4.69) is 11.8 Å². The molecule has 1 atom stereocenters. The lowest BCUT2D eigenvalue weighted by Crippen LogP contribution is -2.45. The molecular formula is C15H18N2O3. The summed E-state index contributed by atoms with van der Waals surface area (Å²) in [5, 5.41) is 0. The number of carbonyl (C=O) groups excluding carboxylic acids is 2. The molecule has 1 unspecified atom stereocenters. The van der Waals surface area contributed by atoms with Crippen LogP contribution < -0.4 is 9.80 Å². The highest BCUT2D eigenvalue weighted by molar-refractivity contribution is 6.52. The normalized spacial score (nSPS) is 22.4. The molecule has 0 bridgehead atoms. The standard InChI is InChI=1S/C15H18N2O3/c1-3-10-9-20-7-6-17(10)11-4-5-12-13(8-11)16(2)15(19)14(12)18/h4-5,8,10H,3,6-7,9H2,1-2H3. The van der Waals surface area contributed by atoms with Gasteiger partial charge in [-0.25, -0.2) is 0 Å². The van der Waals surface area contributed by atoms with Gasteiger partial charge < -0.3 is 14.5 Å². The molecule has 2 aliphatic heterocycles. The maximum absolute atomic E-state index is 11.8. The zero-order valence-corrected chi connectivity index (χ0v) is 11.8. The fourth-order valence-corrected chi connectivity index (χ4v) is 2.88. The SMILES string of the molecule is CCC1COCCN1c1ccc2c(c1)N(C)C(=O)C2=O. The average Bonchev–Trinajstić information content (AvgIpc) is 2.71. The van der Waals surface area contributed by atoms with Gasteiger partial charge in [0.25, 0.3) is 11.7 Å². The fourth-order valence-electron chi connectivity index (χ4n) is 2.88. The van der Waals surface area contributed by atoms with Crippen molar-refractivity contribution >= 4 is 23.1 Å². The van der Waals surface area contributed by atoms with Gasteiger partial charge in [0, 0.05) is 19.3 Å². The Morgan fingerprint density at radius 3 is 2.90 bits per heavy atom. The molecule has 20 heavy (non-hydrogen) atoms. The van der Waals surface area contributed by atoms with E-state index >= 15 is 0 Å². The van der Waals surface area contributed by atoms with E-state index in [-0.39, 0.29) is 0 Å². The minimum Gasteiger partial charge on any atom is -0.377 e. The molecule has 1 fully saturated rings. The summed E-state index contributed by atoms with van der Waals surface area (Å²) in [4.78, 5) is 27.2. The molecule has 0 aromatic heterocycles. The highest BCUT2D eigenvalue weighted by Crippen LogP contribution is 2.33. The Morgan fingerprint density at radius 2 is 2.15 bits per heavy atom. The van der Waals surface area contributed by atoms with Crippen LogP contribution in [0.15, 0.2) is 18.2 Å². The average molecular weight is 274 g/mol. The van der Waals surface area contributed by atoms with Crippen molar-refractivity contribution in [2.45, 2.75) is 19.4 Å². The van der Waals surface area contributed by atoms with Gasteiger partial charge in [-0.3, -0.25) is 9.59 Å². The summed E-state index contributed by atoms with van der Waals surface area (Å²) in [6.45, 7) is 4.41. The second-order valence-electron chi connectivity index (χ2n) is 5.23. The number of morpholine rings is 1. The molecule has 106 valence electrons. The first kappa shape index (κ1) is 13.1. The molecule has 2 aliphatic rings. The number of ether oxygens (including phenoxy) is 1. The molecule has 1 amide bonds. The first-order valence-electron chi connectivity index (χ1n) is 6.94. The third-order valence-electron chi connectivity index (χ3n) is 4.12. The van der Waals surface area contributed by atoms with Crippen molar-refractivity contribution in [1.29, 1.82) is 0 Å². The lowest BCUT2D eigenvalue weighted by Gasteiger charge is -2.37. The monoisotopic (exact) mass is 274 g/mol. The van der Waals surface area contributed by atoms with Crippen LogP contribution in [-0.4, -0.2) is 44.5 Å². The lowest BCUT2D eigenvalue weighted by atomic mass is 10.1. The van der Waals surface area contributed by atoms with Crippen LogP contribution in [0.3, 0.4) is 0 Å². The van der Waals surface area contributed by atoms with Crippen LogP contribution in [-0.2, 0) is 9.53 Å². The Balaban J connectivity index is 1.97. The molecule has 1 aromatic carbocycles. The number of Topliss-reactive ketones (excluding diaryl/α,β-unsaturated/α-hetero) is 1. The van der Waals surface area contributed by atoms with Gasteiger partial charge in [-0.05, 0) is 24.6 Å². The van der Waals surface area contributed by atoms with Crippen molar-refractivity contribution in [3.63, 3.8) is 0 Å².